The standard InChI is InChI=1S/C28H33N3O2/c1-2-33-25-20-31(27(21-12-6-3-7-13-21)22-14-8-4-9-15-22)26(29)18-24(25)19-30-28(32)23-16-10-5-11-17-23/h3-17,24-27H,2,18-20,29H2,1H3,(H,30,32). The van der Waals surface area contributed by atoms with Gasteiger partial charge >= 0.3 is 0 Å². The number of hydrogen-bond acceptors (Lipinski definition) is 4. The van der Waals surface area contributed by atoms with E-state index in [4.69, 9.17) is 10.5 Å². The molecule has 1 saturated heterocycles. The van der Waals surface area contributed by atoms with Gasteiger partial charge in [-0.3, -0.25) is 9.69 Å². The molecule has 0 radical (unpaired) electrons. The number of carbonyl (C=O) groups excluding carboxylic acids is 1. The van der Waals surface area contributed by atoms with Crippen molar-refractivity contribution in [2.24, 2.45) is 11.7 Å². The van der Waals surface area contributed by atoms with E-state index in [1.807, 2.05) is 49.4 Å². The molecule has 1 fully saturated rings. The monoisotopic (exact) mass is 443 g/mol. The van der Waals surface area contributed by atoms with Gasteiger partial charge in [0.15, 0.2) is 0 Å². The molecule has 5 nitrogen and oxygen atoms in total. The number of carbonyl (C=O) groups is 1. The average Bonchev–Trinajstić information content (AvgIpc) is 2.87. The number of nitrogens with two attached hydrogens (primary N) is 1. The maximum atomic E-state index is 12.6. The highest BCUT2D eigenvalue weighted by atomic mass is 16.5. The molecule has 0 aliphatic carbocycles. The fourth-order valence-corrected chi connectivity index (χ4v) is 4.77. The molecule has 0 spiro atoms. The summed E-state index contributed by atoms with van der Waals surface area (Å²) in [4.78, 5) is 14.9. The molecule has 4 rings (SSSR count). The Morgan fingerprint density at radius 3 is 2.06 bits per heavy atom. The largest absolute Gasteiger partial charge is 0.377 e. The van der Waals surface area contributed by atoms with Crippen molar-refractivity contribution in [1.82, 2.24) is 10.2 Å². The van der Waals surface area contributed by atoms with Crippen LogP contribution in [0.15, 0.2) is 91.0 Å². The van der Waals surface area contributed by atoms with Crippen molar-refractivity contribution in [2.75, 3.05) is 19.7 Å². The van der Waals surface area contributed by atoms with E-state index >= 15 is 0 Å². The fourth-order valence-electron chi connectivity index (χ4n) is 4.77. The molecule has 1 aliphatic heterocycles. The normalized spacial score (nSPS) is 21.1. The van der Waals surface area contributed by atoms with E-state index in [1.165, 1.54) is 11.1 Å². The van der Waals surface area contributed by atoms with Gasteiger partial charge in [0.05, 0.1) is 18.3 Å². The lowest BCUT2D eigenvalue weighted by Gasteiger charge is -2.46. The smallest absolute Gasteiger partial charge is 0.251 e. The molecular formula is C28H33N3O2. The third-order valence-corrected chi connectivity index (χ3v) is 6.39. The molecule has 3 unspecified atom stereocenters. The van der Waals surface area contributed by atoms with E-state index in [0.717, 1.165) is 6.42 Å². The lowest BCUT2D eigenvalue weighted by atomic mass is 9.87. The second kappa shape index (κ2) is 11.2. The summed E-state index contributed by atoms with van der Waals surface area (Å²) in [5.74, 6) is 0.0874. The summed E-state index contributed by atoms with van der Waals surface area (Å²) < 4.78 is 6.19. The second-order valence-electron chi connectivity index (χ2n) is 8.55. The van der Waals surface area contributed by atoms with Crippen LogP contribution in [0.1, 0.15) is 40.9 Å². The van der Waals surface area contributed by atoms with Crippen molar-refractivity contribution in [3.05, 3.63) is 108 Å². The molecule has 3 N–H and O–H groups in total. The van der Waals surface area contributed by atoms with E-state index in [0.29, 0.717) is 25.3 Å². The maximum Gasteiger partial charge on any atom is 0.251 e. The van der Waals surface area contributed by atoms with E-state index in [9.17, 15) is 4.79 Å². The average molecular weight is 444 g/mol. The Morgan fingerprint density at radius 2 is 1.52 bits per heavy atom. The molecule has 33 heavy (non-hydrogen) atoms. The predicted octanol–water partition coefficient (Wildman–Crippen LogP) is 4.22. The number of benzene rings is 3. The van der Waals surface area contributed by atoms with Gasteiger partial charge in [0, 0.05) is 31.2 Å². The van der Waals surface area contributed by atoms with Crippen LogP contribution in [0.5, 0.6) is 0 Å². The number of rotatable bonds is 8. The number of nitrogens with zero attached hydrogens (tertiary/aromatic N) is 1. The zero-order valence-corrected chi connectivity index (χ0v) is 19.1. The summed E-state index contributed by atoms with van der Waals surface area (Å²) in [7, 11) is 0. The van der Waals surface area contributed by atoms with Crippen molar-refractivity contribution >= 4 is 5.91 Å². The first-order valence-electron chi connectivity index (χ1n) is 11.7. The van der Waals surface area contributed by atoms with Crippen molar-refractivity contribution in [3.63, 3.8) is 0 Å². The number of hydrogen-bond donors (Lipinski definition) is 2. The van der Waals surface area contributed by atoms with Crippen LogP contribution in [0.2, 0.25) is 0 Å². The summed E-state index contributed by atoms with van der Waals surface area (Å²) in [6, 6.07) is 30.4. The minimum absolute atomic E-state index is 0.0132. The topological polar surface area (TPSA) is 67.6 Å². The molecule has 1 heterocycles. The summed E-state index contributed by atoms with van der Waals surface area (Å²) in [6.45, 7) is 3.89. The van der Waals surface area contributed by atoms with Gasteiger partial charge in [-0.05, 0) is 36.6 Å². The van der Waals surface area contributed by atoms with E-state index in [-0.39, 0.29) is 30.1 Å². The van der Waals surface area contributed by atoms with Gasteiger partial charge in [-0.1, -0.05) is 78.9 Å². The molecule has 3 aromatic rings. The molecule has 0 aromatic heterocycles. The van der Waals surface area contributed by atoms with Crippen molar-refractivity contribution in [1.29, 1.82) is 0 Å². The SMILES string of the molecule is CCOC1CN(C(c2ccccc2)c2ccccc2)C(N)CC1CNC(=O)c1ccccc1. The molecule has 0 saturated carbocycles. The van der Waals surface area contributed by atoms with Crippen molar-refractivity contribution in [2.45, 2.75) is 31.7 Å². The van der Waals surface area contributed by atoms with Crippen LogP contribution in [0.4, 0.5) is 0 Å². The number of piperidine rings is 1. The zero-order chi connectivity index (χ0) is 23.0. The van der Waals surface area contributed by atoms with Crippen LogP contribution in [0, 0.1) is 5.92 Å². The Balaban J connectivity index is 1.53. The molecule has 3 aromatic carbocycles. The molecule has 3 atom stereocenters. The van der Waals surface area contributed by atoms with Crippen LogP contribution in [-0.4, -0.2) is 42.8 Å². The van der Waals surface area contributed by atoms with E-state index in [1.54, 1.807) is 0 Å². The lowest BCUT2D eigenvalue weighted by molar-refractivity contribution is -0.0603. The number of ether oxygens (including phenoxy) is 1. The van der Waals surface area contributed by atoms with Gasteiger partial charge in [0.1, 0.15) is 0 Å². The van der Waals surface area contributed by atoms with Gasteiger partial charge in [-0.2, -0.15) is 0 Å². The number of likely N-dealkylation sites (tertiary alicyclic amines) is 1. The van der Waals surface area contributed by atoms with Crippen LogP contribution in [0.25, 0.3) is 0 Å². The Labute approximate surface area is 196 Å². The Bertz CT molecular complexity index is 958. The lowest BCUT2D eigenvalue weighted by Crippen LogP contribution is -2.57. The Morgan fingerprint density at radius 1 is 0.970 bits per heavy atom. The minimum atomic E-state index is -0.147. The maximum absolute atomic E-state index is 12.6. The van der Waals surface area contributed by atoms with Gasteiger partial charge in [-0.25, -0.2) is 0 Å². The number of amides is 1. The fraction of sp³-hybridized carbons (Fsp3) is 0.321. The quantitative estimate of drug-likeness (QED) is 0.547. The molecule has 5 heteroatoms. The van der Waals surface area contributed by atoms with Gasteiger partial charge in [-0.15, -0.1) is 0 Å². The van der Waals surface area contributed by atoms with Gasteiger partial charge in [0.2, 0.25) is 0 Å². The molecule has 0 bridgehead atoms. The Hall–Kier alpha value is -2.99. The Kier molecular flexibility index (Phi) is 7.89. The number of nitrogens with one attached hydrogen (secondary N) is 1. The van der Waals surface area contributed by atoms with Gasteiger partial charge < -0.3 is 15.8 Å². The summed E-state index contributed by atoms with van der Waals surface area (Å²) >= 11 is 0. The van der Waals surface area contributed by atoms with Crippen molar-refractivity contribution < 1.29 is 9.53 Å². The highest BCUT2D eigenvalue weighted by Crippen LogP contribution is 2.35. The first kappa shape index (κ1) is 23.2. The van der Waals surface area contributed by atoms with Gasteiger partial charge in [0.25, 0.3) is 5.91 Å². The van der Waals surface area contributed by atoms with Crippen molar-refractivity contribution in [3.8, 4) is 0 Å². The van der Waals surface area contributed by atoms with Crippen LogP contribution < -0.4 is 11.1 Å². The highest BCUT2D eigenvalue weighted by molar-refractivity contribution is 5.94. The minimum Gasteiger partial charge on any atom is -0.377 e. The molecule has 1 aliphatic rings. The van der Waals surface area contributed by atoms with E-state index in [2.05, 4.69) is 58.7 Å². The first-order valence-corrected chi connectivity index (χ1v) is 11.7. The van der Waals surface area contributed by atoms with Crippen LogP contribution >= 0.6 is 0 Å². The summed E-state index contributed by atoms with van der Waals surface area (Å²) in [5.41, 5.74) is 9.87. The zero-order valence-electron chi connectivity index (χ0n) is 19.1. The highest BCUT2D eigenvalue weighted by Gasteiger charge is 2.38. The second-order valence-corrected chi connectivity index (χ2v) is 8.55. The molecule has 1 amide bonds. The summed E-state index contributed by atoms with van der Waals surface area (Å²) in [5, 5.41) is 3.09. The third kappa shape index (κ3) is 5.69. The third-order valence-electron chi connectivity index (χ3n) is 6.39. The van der Waals surface area contributed by atoms with E-state index < -0.39 is 0 Å². The molecule has 172 valence electrons. The first-order chi connectivity index (χ1) is 16.2. The van der Waals surface area contributed by atoms with Crippen LogP contribution in [0.3, 0.4) is 0 Å². The summed E-state index contributed by atoms with van der Waals surface area (Å²) in [6.07, 6.45) is 0.585. The van der Waals surface area contributed by atoms with Crippen LogP contribution in [-0.2, 0) is 4.74 Å². The molecular weight excluding hydrogens is 410 g/mol. The predicted molar refractivity (Wildman–Crippen MR) is 132 cm³/mol.